The van der Waals surface area contributed by atoms with E-state index in [4.69, 9.17) is 9.84 Å². The maximum atomic E-state index is 12.6. The third kappa shape index (κ3) is 7.89. The number of esters is 1. The number of amides is 1. The highest BCUT2D eigenvalue weighted by molar-refractivity contribution is 5.81. The molecule has 0 fully saturated rings. The molecular formula is C28H29NO5. The largest absolute Gasteiger partial charge is 0.481 e. The van der Waals surface area contributed by atoms with Gasteiger partial charge in [-0.3, -0.25) is 14.4 Å². The van der Waals surface area contributed by atoms with Crippen molar-refractivity contribution in [2.75, 3.05) is 0 Å². The van der Waals surface area contributed by atoms with Gasteiger partial charge in [-0.15, -0.1) is 0 Å². The van der Waals surface area contributed by atoms with Crippen LogP contribution in [0.15, 0.2) is 84.9 Å². The van der Waals surface area contributed by atoms with Crippen molar-refractivity contribution in [3.8, 4) is 16.9 Å². The first-order valence-corrected chi connectivity index (χ1v) is 11.3. The number of benzene rings is 3. The molecule has 0 saturated carbocycles. The molecule has 3 aromatic rings. The summed E-state index contributed by atoms with van der Waals surface area (Å²) in [6.45, 7) is 1.76. The summed E-state index contributed by atoms with van der Waals surface area (Å²) in [6, 6.07) is 26.6. The van der Waals surface area contributed by atoms with E-state index in [0.29, 0.717) is 18.6 Å². The fraction of sp³-hybridized carbons (Fsp3) is 0.250. The Balaban J connectivity index is 1.67. The van der Waals surface area contributed by atoms with Crippen molar-refractivity contribution < 1.29 is 24.2 Å². The molecule has 6 nitrogen and oxygen atoms in total. The zero-order valence-electron chi connectivity index (χ0n) is 19.1. The highest BCUT2D eigenvalue weighted by Gasteiger charge is 2.23. The molecule has 34 heavy (non-hydrogen) atoms. The lowest BCUT2D eigenvalue weighted by Crippen LogP contribution is -2.39. The van der Waals surface area contributed by atoms with E-state index in [1.165, 1.54) is 0 Å². The average Bonchev–Trinajstić information content (AvgIpc) is 2.84. The Morgan fingerprint density at radius 2 is 1.41 bits per heavy atom. The van der Waals surface area contributed by atoms with E-state index in [9.17, 15) is 14.4 Å². The molecule has 0 aliphatic rings. The SMILES string of the molecule is C[C@H](C[C@@H](Cc1ccc(-c2ccccc2)cc1)NC(=O)CCC(=O)O)C(=O)Oc1ccccc1. The summed E-state index contributed by atoms with van der Waals surface area (Å²) in [5, 5.41) is 11.8. The Morgan fingerprint density at radius 1 is 0.824 bits per heavy atom. The molecule has 3 aromatic carbocycles. The molecule has 0 heterocycles. The lowest BCUT2D eigenvalue weighted by molar-refractivity contribution is -0.139. The molecule has 1 amide bonds. The molecule has 0 unspecified atom stereocenters. The summed E-state index contributed by atoms with van der Waals surface area (Å²) in [4.78, 5) is 35.8. The highest BCUT2D eigenvalue weighted by atomic mass is 16.5. The van der Waals surface area contributed by atoms with Crippen molar-refractivity contribution in [1.29, 1.82) is 0 Å². The van der Waals surface area contributed by atoms with Crippen molar-refractivity contribution >= 4 is 17.8 Å². The number of nitrogens with one attached hydrogen (secondary N) is 1. The van der Waals surface area contributed by atoms with E-state index >= 15 is 0 Å². The van der Waals surface area contributed by atoms with Crippen LogP contribution in [0.25, 0.3) is 11.1 Å². The average molecular weight is 460 g/mol. The topological polar surface area (TPSA) is 92.7 Å². The van der Waals surface area contributed by atoms with Crippen molar-refractivity contribution in [2.24, 2.45) is 5.92 Å². The van der Waals surface area contributed by atoms with Crippen molar-refractivity contribution in [3.63, 3.8) is 0 Å². The van der Waals surface area contributed by atoms with Crippen LogP contribution in [0.3, 0.4) is 0 Å². The van der Waals surface area contributed by atoms with Crippen molar-refractivity contribution in [2.45, 2.75) is 38.6 Å². The zero-order valence-corrected chi connectivity index (χ0v) is 19.1. The van der Waals surface area contributed by atoms with Crippen LogP contribution in [0, 0.1) is 5.92 Å². The maximum Gasteiger partial charge on any atom is 0.314 e. The molecule has 2 N–H and O–H groups in total. The molecule has 176 valence electrons. The van der Waals surface area contributed by atoms with E-state index in [1.54, 1.807) is 31.2 Å². The quantitative estimate of drug-likeness (QED) is 0.315. The summed E-state index contributed by atoms with van der Waals surface area (Å²) < 4.78 is 5.45. The summed E-state index contributed by atoms with van der Waals surface area (Å²) in [5.74, 6) is -1.75. The number of carbonyl (C=O) groups is 3. The second kappa shape index (κ2) is 12.3. The van der Waals surface area contributed by atoms with Gasteiger partial charge in [-0.2, -0.15) is 0 Å². The smallest absolute Gasteiger partial charge is 0.314 e. The minimum atomic E-state index is -1.02. The lowest BCUT2D eigenvalue weighted by Gasteiger charge is -2.22. The number of hydrogen-bond donors (Lipinski definition) is 2. The van der Waals surface area contributed by atoms with E-state index in [1.807, 2.05) is 60.7 Å². The maximum absolute atomic E-state index is 12.6. The van der Waals surface area contributed by atoms with Gasteiger partial charge >= 0.3 is 11.9 Å². The van der Waals surface area contributed by atoms with Crippen LogP contribution in [-0.2, 0) is 20.8 Å². The molecule has 0 saturated heterocycles. The van der Waals surface area contributed by atoms with Crippen LogP contribution in [0.5, 0.6) is 5.75 Å². The van der Waals surface area contributed by atoms with Gasteiger partial charge < -0.3 is 15.2 Å². The zero-order chi connectivity index (χ0) is 24.3. The second-order valence-corrected chi connectivity index (χ2v) is 8.30. The number of rotatable bonds is 11. The van der Waals surface area contributed by atoms with Crippen LogP contribution < -0.4 is 10.1 Å². The Labute approximate surface area is 199 Å². The van der Waals surface area contributed by atoms with E-state index in [2.05, 4.69) is 5.32 Å². The van der Waals surface area contributed by atoms with Gasteiger partial charge in [-0.25, -0.2) is 0 Å². The van der Waals surface area contributed by atoms with Crippen molar-refractivity contribution in [3.05, 3.63) is 90.5 Å². The monoisotopic (exact) mass is 459 g/mol. The number of para-hydroxylation sites is 1. The minimum Gasteiger partial charge on any atom is -0.481 e. The summed E-state index contributed by atoms with van der Waals surface area (Å²) in [7, 11) is 0. The van der Waals surface area contributed by atoms with E-state index < -0.39 is 11.9 Å². The van der Waals surface area contributed by atoms with E-state index in [-0.39, 0.29) is 30.8 Å². The Hall–Kier alpha value is -3.93. The van der Waals surface area contributed by atoms with Crippen LogP contribution in [0.1, 0.15) is 31.7 Å². The molecule has 2 atom stereocenters. The molecule has 0 spiro atoms. The normalized spacial score (nSPS) is 12.4. The van der Waals surface area contributed by atoms with Gasteiger partial charge in [0, 0.05) is 12.5 Å². The van der Waals surface area contributed by atoms with Crippen LogP contribution >= 0.6 is 0 Å². The number of ether oxygens (including phenoxy) is 1. The Morgan fingerprint density at radius 3 is 2.03 bits per heavy atom. The predicted molar refractivity (Wildman–Crippen MR) is 130 cm³/mol. The molecule has 0 radical (unpaired) electrons. The van der Waals surface area contributed by atoms with Crippen molar-refractivity contribution in [1.82, 2.24) is 5.32 Å². The standard InChI is InChI=1S/C28H29NO5/c1-20(28(33)34-25-10-6-3-7-11-25)18-24(29-26(30)16-17-27(31)32)19-21-12-14-23(15-13-21)22-8-4-2-5-9-22/h2-15,20,24H,16-19H2,1H3,(H,29,30)(H,31,32)/t20-,24+/m1/s1. The summed E-state index contributed by atoms with van der Waals surface area (Å²) >= 11 is 0. The molecule has 0 aliphatic heterocycles. The minimum absolute atomic E-state index is 0.110. The number of carbonyl (C=O) groups excluding carboxylic acids is 2. The molecular weight excluding hydrogens is 430 g/mol. The third-order valence-corrected chi connectivity index (χ3v) is 5.48. The number of carboxylic acids is 1. The number of aliphatic carboxylic acids is 1. The van der Waals surface area contributed by atoms with Gasteiger partial charge in [0.15, 0.2) is 0 Å². The van der Waals surface area contributed by atoms with Gasteiger partial charge in [-0.1, -0.05) is 79.7 Å². The molecule has 0 bridgehead atoms. The van der Waals surface area contributed by atoms with Crippen LogP contribution in [0.4, 0.5) is 0 Å². The predicted octanol–water partition coefficient (Wildman–Crippen LogP) is 4.88. The highest BCUT2D eigenvalue weighted by Crippen LogP contribution is 2.21. The summed E-state index contributed by atoms with van der Waals surface area (Å²) in [5.41, 5.74) is 3.21. The first-order valence-electron chi connectivity index (χ1n) is 11.3. The third-order valence-electron chi connectivity index (χ3n) is 5.48. The molecule has 0 aromatic heterocycles. The van der Waals surface area contributed by atoms with Crippen LogP contribution in [-0.4, -0.2) is 29.0 Å². The Kier molecular flexibility index (Phi) is 8.97. The van der Waals surface area contributed by atoms with Gasteiger partial charge in [0.2, 0.25) is 5.91 Å². The first kappa shape index (κ1) is 24.7. The fourth-order valence-corrected chi connectivity index (χ4v) is 3.69. The van der Waals surface area contributed by atoms with Crippen LogP contribution in [0.2, 0.25) is 0 Å². The second-order valence-electron chi connectivity index (χ2n) is 8.30. The molecule has 6 heteroatoms. The van der Waals surface area contributed by atoms with Gasteiger partial charge in [0.05, 0.1) is 12.3 Å². The lowest BCUT2D eigenvalue weighted by atomic mass is 9.94. The van der Waals surface area contributed by atoms with Gasteiger partial charge in [0.25, 0.3) is 0 Å². The molecule has 0 aliphatic carbocycles. The van der Waals surface area contributed by atoms with Gasteiger partial charge in [0.1, 0.15) is 5.75 Å². The Bertz CT molecular complexity index is 1080. The number of carboxylic acid groups (broad SMARTS) is 1. The summed E-state index contributed by atoms with van der Waals surface area (Å²) in [6.07, 6.45) is 0.527. The molecule has 3 rings (SSSR count). The van der Waals surface area contributed by atoms with E-state index in [0.717, 1.165) is 16.7 Å². The van der Waals surface area contributed by atoms with Gasteiger partial charge in [-0.05, 0) is 41.7 Å². The fourth-order valence-electron chi connectivity index (χ4n) is 3.69. The first-order chi connectivity index (χ1) is 16.4. The number of hydrogen-bond acceptors (Lipinski definition) is 4.